The van der Waals surface area contributed by atoms with E-state index in [0.29, 0.717) is 0 Å². The van der Waals surface area contributed by atoms with Gasteiger partial charge in [-0.2, -0.15) is 13.2 Å². The maximum Gasteiger partial charge on any atom is 0.416 e. The molecule has 1 rings (SSSR count). The molecule has 0 radical (unpaired) electrons. The number of carboxylic acids is 1. The molecule has 0 aliphatic rings. The Labute approximate surface area is 112 Å². The third-order valence-electron chi connectivity index (χ3n) is 2.44. The van der Waals surface area contributed by atoms with Crippen molar-refractivity contribution in [1.82, 2.24) is 0 Å². The van der Waals surface area contributed by atoms with E-state index >= 15 is 0 Å². The third kappa shape index (κ3) is 3.96. The van der Waals surface area contributed by atoms with Gasteiger partial charge < -0.3 is 5.11 Å². The highest BCUT2D eigenvalue weighted by atomic mass is 35.5. The minimum atomic E-state index is -4.58. The molecule has 104 valence electrons. The second-order valence-corrected chi connectivity index (χ2v) is 4.39. The zero-order chi connectivity index (χ0) is 14.8. The largest absolute Gasteiger partial charge is 0.481 e. The van der Waals surface area contributed by atoms with Crippen molar-refractivity contribution < 1.29 is 27.9 Å². The lowest BCUT2D eigenvalue weighted by atomic mass is 9.97. The molecule has 0 aromatic heterocycles. The smallest absolute Gasteiger partial charge is 0.416 e. The van der Waals surface area contributed by atoms with Gasteiger partial charge in [0.25, 0.3) is 0 Å². The molecule has 0 bridgehead atoms. The molecule has 1 aromatic carbocycles. The number of aliphatic carboxylic acids is 1. The van der Waals surface area contributed by atoms with Crippen molar-refractivity contribution in [2.75, 3.05) is 0 Å². The number of alkyl halides is 4. The van der Waals surface area contributed by atoms with Gasteiger partial charge in [0, 0.05) is 0 Å². The summed E-state index contributed by atoms with van der Waals surface area (Å²) in [4.78, 5) is 21.8. The summed E-state index contributed by atoms with van der Waals surface area (Å²) in [6.45, 7) is 1.13. The number of rotatable bonds is 4. The molecule has 1 unspecified atom stereocenters. The van der Waals surface area contributed by atoms with E-state index in [4.69, 9.17) is 16.7 Å². The van der Waals surface area contributed by atoms with Gasteiger partial charge >= 0.3 is 12.1 Å². The van der Waals surface area contributed by atoms with Crippen molar-refractivity contribution in [3.63, 3.8) is 0 Å². The number of hydrogen-bond acceptors (Lipinski definition) is 2. The number of hydrogen-bond donors (Lipinski definition) is 1. The van der Waals surface area contributed by atoms with Crippen LogP contribution in [0.1, 0.15) is 29.0 Å². The van der Waals surface area contributed by atoms with Crippen molar-refractivity contribution in [3.05, 3.63) is 34.9 Å². The van der Waals surface area contributed by atoms with Gasteiger partial charge in [-0.1, -0.05) is 6.07 Å². The van der Waals surface area contributed by atoms with Crippen molar-refractivity contribution in [2.24, 2.45) is 0 Å². The van der Waals surface area contributed by atoms with Gasteiger partial charge in [-0.3, -0.25) is 9.59 Å². The molecule has 0 aliphatic carbocycles. The summed E-state index contributed by atoms with van der Waals surface area (Å²) >= 11 is 5.74. The SMILES string of the molecule is CC(=O)C(Cl)c1cc(C(F)(F)F)ccc1CC(=O)O. The molecule has 0 amide bonds. The lowest BCUT2D eigenvalue weighted by molar-refractivity contribution is -0.137. The average molecular weight is 295 g/mol. The minimum absolute atomic E-state index is 0.0932. The summed E-state index contributed by atoms with van der Waals surface area (Å²) < 4.78 is 37.7. The Balaban J connectivity index is 3.33. The third-order valence-corrected chi connectivity index (χ3v) is 2.99. The minimum Gasteiger partial charge on any atom is -0.481 e. The number of carboxylic acid groups (broad SMARTS) is 1. The Hall–Kier alpha value is -1.56. The molecule has 3 nitrogen and oxygen atoms in total. The molecular formula is C12H10ClF3O3. The lowest BCUT2D eigenvalue weighted by Crippen LogP contribution is -2.12. The molecule has 1 atom stereocenters. The fraction of sp³-hybridized carbons (Fsp3) is 0.333. The molecule has 1 aromatic rings. The summed E-state index contributed by atoms with van der Waals surface area (Å²) in [7, 11) is 0. The van der Waals surface area contributed by atoms with E-state index in [0.717, 1.165) is 25.1 Å². The van der Waals surface area contributed by atoms with Crippen molar-refractivity contribution in [3.8, 4) is 0 Å². The van der Waals surface area contributed by atoms with E-state index < -0.39 is 35.3 Å². The topological polar surface area (TPSA) is 54.4 Å². The predicted octanol–water partition coefficient (Wildman–Crippen LogP) is 3.20. The van der Waals surface area contributed by atoms with E-state index in [1.54, 1.807) is 0 Å². The molecule has 0 fully saturated rings. The summed E-state index contributed by atoms with van der Waals surface area (Å²) in [6, 6.07) is 2.52. The van der Waals surface area contributed by atoms with Crippen LogP contribution in [0, 0.1) is 0 Å². The maximum atomic E-state index is 12.6. The molecule has 0 heterocycles. The van der Waals surface area contributed by atoms with Gasteiger partial charge in [-0.05, 0) is 30.2 Å². The average Bonchev–Trinajstić information content (AvgIpc) is 2.26. The summed E-state index contributed by atoms with van der Waals surface area (Å²) in [5, 5.41) is 7.40. The second kappa shape index (κ2) is 5.61. The Morgan fingerprint density at radius 3 is 2.37 bits per heavy atom. The van der Waals surface area contributed by atoms with Crippen LogP contribution in [0.2, 0.25) is 0 Å². The van der Waals surface area contributed by atoms with Crippen LogP contribution in [-0.4, -0.2) is 16.9 Å². The number of benzene rings is 1. The molecule has 0 aliphatic heterocycles. The van der Waals surface area contributed by atoms with E-state index in [-0.39, 0.29) is 11.1 Å². The van der Waals surface area contributed by atoms with Gasteiger partial charge in [0.1, 0.15) is 5.38 Å². The first-order chi connectivity index (χ1) is 8.62. The van der Waals surface area contributed by atoms with Gasteiger partial charge in [0.05, 0.1) is 12.0 Å². The first kappa shape index (κ1) is 15.5. The number of halogens is 4. The predicted molar refractivity (Wildman–Crippen MR) is 62.1 cm³/mol. The Morgan fingerprint density at radius 2 is 1.95 bits per heavy atom. The van der Waals surface area contributed by atoms with Crippen molar-refractivity contribution in [1.29, 1.82) is 0 Å². The van der Waals surface area contributed by atoms with Gasteiger partial charge in [0.2, 0.25) is 0 Å². The van der Waals surface area contributed by atoms with Crippen molar-refractivity contribution >= 4 is 23.4 Å². The number of carbonyl (C=O) groups is 2. The highest BCUT2D eigenvalue weighted by Crippen LogP contribution is 2.34. The van der Waals surface area contributed by atoms with Crippen LogP contribution in [0.25, 0.3) is 0 Å². The first-order valence-corrected chi connectivity index (χ1v) is 5.63. The monoisotopic (exact) mass is 294 g/mol. The molecule has 0 saturated heterocycles. The van der Waals surface area contributed by atoms with E-state index in [1.165, 1.54) is 0 Å². The molecule has 7 heteroatoms. The maximum absolute atomic E-state index is 12.6. The zero-order valence-electron chi connectivity index (χ0n) is 9.79. The second-order valence-electron chi connectivity index (χ2n) is 3.96. The molecule has 19 heavy (non-hydrogen) atoms. The molecule has 1 N–H and O–H groups in total. The summed E-state index contributed by atoms with van der Waals surface area (Å²) in [6.07, 6.45) is -5.08. The summed E-state index contributed by atoms with van der Waals surface area (Å²) in [5.41, 5.74) is -0.995. The van der Waals surface area contributed by atoms with Crippen LogP contribution < -0.4 is 0 Å². The van der Waals surface area contributed by atoms with E-state index in [2.05, 4.69) is 0 Å². The van der Waals surface area contributed by atoms with E-state index in [9.17, 15) is 22.8 Å². The molecular weight excluding hydrogens is 285 g/mol. The Kier molecular flexibility index (Phi) is 4.57. The van der Waals surface area contributed by atoms with Gasteiger partial charge in [-0.15, -0.1) is 11.6 Å². The highest BCUT2D eigenvalue weighted by Gasteiger charge is 2.32. The van der Waals surface area contributed by atoms with Crippen LogP contribution >= 0.6 is 11.6 Å². The lowest BCUT2D eigenvalue weighted by Gasteiger charge is -2.15. The van der Waals surface area contributed by atoms with Gasteiger partial charge in [0.15, 0.2) is 5.78 Å². The fourth-order valence-corrected chi connectivity index (χ4v) is 1.75. The Bertz CT molecular complexity index is 511. The van der Waals surface area contributed by atoms with Crippen molar-refractivity contribution in [2.45, 2.75) is 24.9 Å². The van der Waals surface area contributed by atoms with Crippen LogP contribution in [0.4, 0.5) is 13.2 Å². The summed E-state index contributed by atoms with van der Waals surface area (Å²) in [5.74, 6) is -1.76. The first-order valence-electron chi connectivity index (χ1n) is 5.19. The Morgan fingerprint density at radius 1 is 1.37 bits per heavy atom. The van der Waals surface area contributed by atoms with Crippen LogP contribution in [0.5, 0.6) is 0 Å². The highest BCUT2D eigenvalue weighted by molar-refractivity contribution is 6.31. The number of ketones is 1. The molecule has 0 saturated carbocycles. The number of carbonyl (C=O) groups excluding carboxylic acids is 1. The zero-order valence-corrected chi connectivity index (χ0v) is 10.5. The van der Waals surface area contributed by atoms with Crippen LogP contribution in [0.15, 0.2) is 18.2 Å². The normalized spacial score (nSPS) is 13.1. The quantitative estimate of drug-likeness (QED) is 0.868. The van der Waals surface area contributed by atoms with Gasteiger partial charge in [-0.25, -0.2) is 0 Å². The number of Topliss-reactive ketones (excluding diaryl/α,β-unsaturated/α-hetero) is 1. The van der Waals surface area contributed by atoms with Crippen LogP contribution in [0.3, 0.4) is 0 Å². The fourth-order valence-electron chi connectivity index (χ4n) is 1.55. The standard InChI is InChI=1S/C12H10ClF3O3/c1-6(17)11(13)9-5-8(12(14,15)16)3-2-7(9)4-10(18)19/h2-3,5,11H,4H2,1H3,(H,18,19). The molecule has 0 spiro atoms. The van der Waals surface area contributed by atoms with E-state index in [1.807, 2.05) is 0 Å². The van der Waals surface area contributed by atoms with Crippen LogP contribution in [-0.2, 0) is 22.2 Å².